The summed E-state index contributed by atoms with van der Waals surface area (Å²) in [7, 11) is 0. The third-order valence-corrected chi connectivity index (χ3v) is 2.80. The van der Waals surface area contributed by atoms with Crippen LogP contribution in [0.3, 0.4) is 0 Å². The van der Waals surface area contributed by atoms with Crippen molar-refractivity contribution in [3.8, 4) is 0 Å². The zero-order valence-electron chi connectivity index (χ0n) is 12.8. The monoisotopic (exact) mass is 278 g/mol. The van der Waals surface area contributed by atoms with E-state index in [0.717, 1.165) is 12.8 Å². The van der Waals surface area contributed by atoms with Gasteiger partial charge in [0, 0.05) is 0 Å². The van der Waals surface area contributed by atoms with Crippen LogP contribution >= 0.6 is 12.4 Å². The highest BCUT2D eigenvalue weighted by Crippen LogP contribution is 2.16. The van der Waals surface area contributed by atoms with Crippen molar-refractivity contribution in [2.24, 2.45) is 5.92 Å². The van der Waals surface area contributed by atoms with Crippen molar-refractivity contribution >= 4 is 18.4 Å². The Balaban J connectivity index is 0. The van der Waals surface area contributed by atoms with Crippen molar-refractivity contribution < 1.29 is 9.53 Å². The molecule has 0 aromatic heterocycles. The number of hydrogen-bond donors (Lipinski definition) is 0. The van der Waals surface area contributed by atoms with E-state index < -0.39 is 0 Å². The van der Waals surface area contributed by atoms with Crippen molar-refractivity contribution in [1.29, 1.82) is 0 Å². The van der Waals surface area contributed by atoms with Gasteiger partial charge in [0.1, 0.15) is 5.60 Å². The lowest BCUT2D eigenvalue weighted by molar-refractivity contribution is -0.159. The Bertz CT molecular complexity index is 209. The van der Waals surface area contributed by atoms with Crippen molar-refractivity contribution in [3.05, 3.63) is 0 Å². The van der Waals surface area contributed by atoms with Crippen molar-refractivity contribution in [2.45, 2.75) is 85.2 Å². The highest BCUT2D eigenvalue weighted by molar-refractivity contribution is 5.85. The summed E-state index contributed by atoms with van der Waals surface area (Å²) in [5.41, 5.74) is -0.355. The molecule has 0 amide bonds. The predicted molar refractivity (Wildman–Crippen MR) is 80.3 cm³/mol. The third kappa shape index (κ3) is 12.2. The average molecular weight is 279 g/mol. The molecule has 0 aliphatic heterocycles. The van der Waals surface area contributed by atoms with E-state index in [0.29, 0.717) is 0 Å². The average Bonchev–Trinajstić information content (AvgIpc) is 2.20. The molecule has 1 unspecified atom stereocenters. The summed E-state index contributed by atoms with van der Waals surface area (Å²) in [6, 6.07) is 0. The number of carbonyl (C=O) groups is 1. The second-order valence-electron chi connectivity index (χ2n) is 5.99. The lowest BCUT2D eigenvalue weighted by Gasteiger charge is -2.22. The second-order valence-corrected chi connectivity index (χ2v) is 5.99. The molecule has 0 aliphatic rings. The van der Waals surface area contributed by atoms with Crippen LogP contribution in [0.4, 0.5) is 0 Å². The van der Waals surface area contributed by atoms with Crippen LogP contribution in [0.15, 0.2) is 0 Å². The molecule has 0 spiro atoms. The fourth-order valence-electron chi connectivity index (χ4n) is 1.75. The number of esters is 1. The number of halogens is 1. The summed E-state index contributed by atoms with van der Waals surface area (Å²) in [4.78, 5) is 11.7. The Labute approximate surface area is 119 Å². The van der Waals surface area contributed by atoms with E-state index in [1.54, 1.807) is 0 Å². The number of carbonyl (C=O) groups excluding carboxylic acids is 1. The van der Waals surface area contributed by atoms with Gasteiger partial charge in [-0.2, -0.15) is 0 Å². The molecule has 0 aliphatic carbocycles. The van der Waals surface area contributed by atoms with Gasteiger partial charge in [0.2, 0.25) is 0 Å². The maximum atomic E-state index is 11.7. The molecule has 0 rings (SSSR count). The van der Waals surface area contributed by atoms with Gasteiger partial charge in [-0.15, -0.1) is 12.4 Å². The zero-order valence-corrected chi connectivity index (χ0v) is 13.6. The van der Waals surface area contributed by atoms with Gasteiger partial charge < -0.3 is 4.74 Å². The molecule has 0 aromatic carbocycles. The Kier molecular flexibility index (Phi) is 11.9. The summed E-state index contributed by atoms with van der Waals surface area (Å²) in [5, 5.41) is 0. The smallest absolute Gasteiger partial charge is 0.309 e. The number of rotatable bonds is 8. The summed E-state index contributed by atoms with van der Waals surface area (Å²) in [6.45, 7) is 9.96. The number of hydrogen-bond acceptors (Lipinski definition) is 2. The Morgan fingerprint density at radius 3 is 2.06 bits per heavy atom. The summed E-state index contributed by atoms with van der Waals surface area (Å²) in [5.74, 6) is -0.00791. The Morgan fingerprint density at radius 2 is 1.56 bits per heavy atom. The fraction of sp³-hybridized carbons (Fsp3) is 0.933. The van der Waals surface area contributed by atoms with Gasteiger partial charge in [0.05, 0.1) is 5.92 Å². The largest absolute Gasteiger partial charge is 0.460 e. The maximum Gasteiger partial charge on any atom is 0.309 e. The van der Waals surface area contributed by atoms with Crippen molar-refractivity contribution in [2.75, 3.05) is 0 Å². The van der Waals surface area contributed by atoms with Crippen molar-refractivity contribution in [3.63, 3.8) is 0 Å². The topological polar surface area (TPSA) is 26.3 Å². The standard InChI is InChI=1S/C15H30O2.ClH/c1-6-7-8-9-10-11-12-13(2)14(16)17-15(3,4)5;/h13H,6-12H2,1-5H3;1H. The SMILES string of the molecule is CCCCCCCCC(C)C(=O)OC(C)(C)C.Cl. The molecule has 0 N–H and O–H groups in total. The molecule has 3 heteroatoms. The van der Waals surface area contributed by atoms with Gasteiger partial charge in [0.25, 0.3) is 0 Å². The molecule has 1 atom stereocenters. The van der Waals surface area contributed by atoms with Crippen LogP contribution in [0.25, 0.3) is 0 Å². The predicted octanol–water partition coefficient (Wildman–Crippen LogP) is 5.14. The minimum absolute atomic E-state index is 0. The first-order chi connectivity index (χ1) is 7.87. The lowest BCUT2D eigenvalue weighted by Crippen LogP contribution is -2.27. The molecule has 0 saturated heterocycles. The summed E-state index contributed by atoms with van der Waals surface area (Å²) in [6.07, 6.45) is 8.60. The molecule has 2 nitrogen and oxygen atoms in total. The van der Waals surface area contributed by atoms with Crippen LogP contribution in [-0.4, -0.2) is 11.6 Å². The van der Waals surface area contributed by atoms with Gasteiger partial charge in [-0.05, 0) is 27.2 Å². The maximum absolute atomic E-state index is 11.7. The Hall–Kier alpha value is -0.240. The fourth-order valence-corrected chi connectivity index (χ4v) is 1.75. The number of unbranched alkanes of at least 4 members (excludes halogenated alkanes) is 5. The van der Waals surface area contributed by atoms with Gasteiger partial charge in [-0.25, -0.2) is 0 Å². The minimum atomic E-state index is -0.355. The zero-order chi connectivity index (χ0) is 13.3. The molecule has 0 fully saturated rings. The first-order valence-corrected chi connectivity index (χ1v) is 7.09. The van der Waals surface area contributed by atoms with Crippen LogP contribution in [0, 0.1) is 5.92 Å². The summed E-state index contributed by atoms with van der Waals surface area (Å²) < 4.78 is 5.36. The quantitative estimate of drug-likeness (QED) is 0.454. The first kappa shape index (κ1) is 20.1. The van der Waals surface area contributed by atoms with Crippen LogP contribution in [0.2, 0.25) is 0 Å². The highest BCUT2D eigenvalue weighted by atomic mass is 35.5. The molecular weight excluding hydrogens is 248 g/mol. The first-order valence-electron chi connectivity index (χ1n) is 7.09. The van der Waals surface area contributed by atoms with E-state index in [9.17, 15) is 4.79 Å². The number of ether oxygens (including phenoxy) is 1. The van der Waals surface area contributed by atoms with E-state index in [4.69, 9.17) is 4.74 Å². The minimum Gasteiger partial charge on any atom is -0.460 e. The molecule has 18 heavy (non-hydrogen) atoms. The molecule has 110 valence electrons. The molecule has 0 radical (unpaired) electrons. The van der Waals surface area contributed by atoms with E-state index >= 15 is 0 Å². The third-order valence-electron chi connectivity index (χ3n) is 2.80. The molecule has 0 saturated carbocycles. The van der Waals surface area contributed by atoms with Gasteiger partial charge in [-0.1, -0.05) is 52.4 Å². The van der Waals surface area contributed by atoms with Crippen LogP contribution < -0.4 is 0 Å². The summed E-state index contributed by atoms with van der Waals surface area (Å²) >= 11 is 0. The molecule has 0 heterocycles. The second kappa shape index (κ2) is 10.7. The van der Waals surface area contributed by atoms with Gasteiger partial charge in [0.15, 0.2) is 0 Å². The molecule has 0 bridgehead atoms. The van der Waals surface area contributed by atoms with Crippen LogP contribution in [-0.2, 0) is 9.53 Å². The van der Waals surface area contributed by atoms with Gasteiger partial charge >= 0.3 is 5.97 Å². The van der Waals surface area contributed by atoms with E-state index in [-0.39, 0.29) is 29.9 Å². The van der Waals surface area contributed by atoms with Crippen molar-refractivity contribution in [1.82, 2.24) is 0 Å². The lowest BCUT2D eigenvalue weighted by atomic mass is 10.0. The Morgan fingerprint density at radius 1 is 1.06 bits per heavy atom. The molecule has 0 aromatic rings. The van der Waals surface area contributed by atoms with Gasteiger partial charge in [-0.3, -0.25) is 4.79 Å². The van der Waals surface area contributed by atoms with Crippen LogP contribution in [0.5, 0.6) is 0 Å². The normalized spacial score (nSPS) is 12.7. The van der Waals surface area contributed by atoms with E-state index in [1.807, 2.05) is 27.7 Å². The highest BCUT2D eigenvalue weighted by Gasteiger charge is 2.20. The van der Waals surface area contributed by atoms with Crippen LogP contribution in [0.1, 0.15) is 79.6 Å². The van der Waals surface area contributed by atoms with E-state index in [1.165, 1.54) is 32.1 Å². The van der Waals surface area contributed by atoms with E-state index in [2.05, 4.69) is 6.92 Å². The molecular formula is C15H31ClO2.